The van der Waals surface area contributed by atoms with Crippen LogP contribution in [-0.4, -0.2) is 86.8 Å². The fraction of sp³-hybridized carbons (Fsp3) is 0.579. The molecule has 1 aromatic rings. The van der Waals surface area contributed by atoms with Gasteiger partial charge < -0.3 is 14.5 Å². The number of amides is 2. The summed E-state index contributed by atoms with van der Waals surface area (Å²) in [6.07, 6.45) is 1.06. The Morgan fingerprint density at radius 1 is 1.00 bits per heavy atom. The third kappa shape index (κ3) is 4.21. The molecular weight excluding hydrogens is 382 g/mol. The molecule has 2 amide bonds. The number of ether oxygens (including phenoxy) is 1. The fourth-order valence-corrected chi connectivity index (χ4v) is 5.18. The molecule has 0 radical (unpaired) electrons. The molecule has 0 saturated carbocycles. The van der Waals surface area contributed by atoms with Crippen LogP contribution in [0.1, 0.15) is 18.4 Å². The van der Waals surface area contributed by atoms with Crippen molar-refractivity contribution in [1.29, 1.82) is 0 Å². The standard InChI is InChI=1S/C19H27N3O5S/c1-15-3-5-17(6-4-15)28(25,26)21-9-7-16(8-10-21)22-12-11-20(13-14-27-2)18(23)19(22)24/h3-6,16H,7-14H2,1-2H3. The number of rotatable bonds is 6. The number of aryl methyl sites for hydroxylation is 1. The molecule has 0 aliphatic carbocycles. The molecule has 8 nitrogen and oxygen atoms in total. The lowest BCUT2D eigenvalue weighted by molar-refractivity contribution is -0.158. The third-order valence-electron chi connectivity index (χ3n) is 5.43. The molecule has 3 rings (SSSR count). The van der Waals surface area contributed by atoms with Crippen molar-refractivity contribution in [3.05, 3.63) is 29.8 Å². The van der Waals surface area contributed by atoms with Gasteiger partial charge in [0.05, 0.1) is 11.5 Å². The summed E-state index contributed by atoms with van der Waals surface area (Å²) in [5, 5.41) is 0. The summed E-state index contributed by atoms with van der Waals surface area (Å²) in [6, 6.07) is 6.71. The van der Waals surface area contributed by atoms with E-state index < -0.39 is 21.8 Å². The predicted octanol–water partition coefficient (Wildman–Crippen LogP) is 0.465. The molecule has 0 unspecified atom stereocenters. The summed E-state index contributed by atoms with van der Waals surface area (Å²) in [6.45, 7) is 4.35. The van der Waals surface area contributed by atoms with Gasteiger partial charge in [-0.2, -0.15) is 4.31 Å². The Bertz CT molecular complexity index is 816. The number of methoxy groups -OCH3 is 1. The fourth-order valence-electron chi connectivity index (χ4n) is 3.71. The van der Waals surface area contributed by atoms with Crippen LogP contribution >= 0.6 is 0 Å². The Morgan fingerprint density at radius 3 is 2.25 bits per heavy atom. The number of carbonyl (C=O) groups is 2. The molecular formula is C19H27N3O5S. The topological polar surface area (TPSA) is 87.2 Å². The quantitative estimate of drug-likeness (QED) is 0.638. The van der Waals surface area contributed by atoms with Crippen molar-refractivity contribution < 1.29 is 22.7 Å². The maximum Gasteiger partial charge on any atom is 0.312 e. The first-order chi connectivity index (χ1) is 13.3. The number of hydrogen-bond donors (Lipinski definition) is 0. The molecule has 0 aromatic heterocycles. The maximum atomic E-state index is 12.8. The molecule has 154 valence electrons. The van der Waals surface area contributed by atoms with E-state index in [0.717, 1.165) is 5.56 Å². The van der Waals surface area contributed by atoms with Gasteiger partial charge in [-0.1, -0.05) is 17.7 Å². The molecule has 0 N–H and O–H groups in total. The Balaban J connectivity index is 1.60. The minimum atomic E-state index is -3.54. The molecule has 0 spiro atoms. The van der Waals surface area contributed by atoms with Crippen molar-refractivity contribution >= 4 is 21.8 Å². The first-order valence-electron chi connectivity index (χ1n) is 9.50. The number of benzene rings is 1. The van der Waals surface area contributed by atoms with Gasteiger partial charge in [0.15, 0.2) is 0 Å². The van der Waals surface area contributed by atoms with Gasteiger partial charge >= 0.3 is 11.8 Å². The lowest BCUT2D eigenvalue weighted by Gasteiger charge is -2.41. The number of carbonyl (C=O) groups excluding carboxylic acids is 2. The van der Waals surface area contributed by atoms with E-state index in [9.17, 15) is 18.0 Å². The molecule has 2 aliphatic heterocycles. The van der Waals surface area contributed by atoms with E-state index in [-0.39, 0.29) is 10.9 Å². The van der Waals surface area contributed by atoms with Crippen molar-refractivity contribution in [3.63, 3.8) is 0 Å². The average molecular weight is 410 g/mol. The highest BCUT2D eigenvalue weighted by atomic mass is 32.2. The molecule has 2 fully saturated rings. The van der Waals surface area contributed by atoms with Gasteiger partial charge in [0.2, 0.25) is 10.0 Å². The van der Waals surface area contributed by atoms with Crippen LogP contribution in [0.3, 0.4) is 0 Å². The van der Waals surface area contributed by atoms with E-state index in [4.69, 9.17) is 4.74 Å². The number of hydrogen-bond acceptors (Lipinski definition) is 5. The monoisotopic (exact) mass is 409 g/mol. The summed E-state index contributed by atoms with van der Waals surface area (Å²) in [5.74, 6) is -1.000. The van der Waals surface area contributed by atoms with Crippen molar-refractivity contribution in [1.82, 2.24) is 14.1 Å². The lowest BCUT2D eigenvalue weighted by Crippen LogP contribution is -2.59. The Morgan fingerprint density at radius 2 is 1.64 bits per heavy atom. The van der Waals surface area contributed by atoms with Crippen LogP contribution in [-0.2, 0) is 24.3 Å². The summed E-state index contributed by atoms with van der Waals surface area (Å²) >= 11 is 0. The Kier molecular flexibility index (Phi) is 6.36. The highest BCUT2D eigenvalue weighted by molar-refractivity contribution is 7.89. The van der Waals surface area contributed by atoms with E-state index in [1.165, 1.54) is 9.21 Å². The first kappa shape index (κ1) is 20.8. The van der Waals surface area contributed by atoms with Gasteiger partial charge in [-0.25, -0.2) is 8.42 Å². The summed E-state index contributed by atoms with van der Waals surface area (Å²) in [4.78, 5) is 28.2. The van der Waals surface area contributed by atoms with E-state index in [1.807, 2.05) is 6.92 Å². The second-order valence-electron chi connectivity index (χ2n) is 7.23. The lowest BCUT2D eigenvalue weighted by atomic mass is 10.0. The van der Waals surface area contributed by atoms with Crippen LogP contribution in [0.4, 0.5) is 0 Å². The van der Waals surface area contributed by atoms with E-state index in [0.29, 0.717) is 52.2 Å². The zero-order valence-electron chi connectivity index (χ0n) is 16.3. The summed E-state index contributed by atoms with van der Waals surface area (Å²) in [7, 11) is -1.98. The zero-order valence-corrected chi connectivity index (χ0v) is 17.2. The minimum Gasteiger partial charge on any atom is -0.383 e. The molecule has 1 aromatic carbocycles. The van der Waals surface area contributed by atoms with Crippen molar-refractivity contribution in [3.8, 4) is 0 Å². The molecule has 0 bridgehead atoms. The molecule has 28 heavy (non-hydrogen) atoms. The SMILES string of the molecule is COCCN1CCN(C2CCN(S(=O)(=O)c3ccc(C)cc3)CC2)C(=O)C1=O. The molecule has 2 aliphatic rings. The van der Waals surface area contributed by atoms with Crippen molar-refractivity contribution in [2.24, 2.45) is 0 Å². The van der Waals surface area contributed by atoms with Gasteiger partial charge in [0.25, 0.3) is 0 Å². The largest absolute Gasteiger partial charge is 0.383 e. The predicted molar refractivity (Wildman–Crippen MR) is 103 cm³/mol. The Labute approximate surface area is 166 Å². The summed E-state index contributed by atoms with van der Waals surface area (Å²) in [5.41, 5.74) is 1.01. The van der Waals surface area contributed by atoms with E-state index >= 15 is 0 Å². The number of nitrogens with zero attached hydrogens (tertiary/aromatic N) is 3. The zero-order chi connectivity index (χ0) is 20.3. The van der Waals surface area contributed by atoms with Crippen LogP contribution in [0.5, 0.6) is 0 Å². The highest BCUT2D eigenvalue weighted by Crippen LogP contribution is 2.24. The van der Waals surface area contributed by atoms with Crippen LogP contribution in [0.2, 0.25) is 0 Å². The Hall–Kier alpha value is -1.97. The maximum absolute atomic E-state index is 12.8. The smallest absolute Gasteiger partial charge is 0.312 e. The molecule has 2 saturated heterocycles. The number of piperidine rings is 1. The van der Waals surface area contributed by atoms with Crippen LogP contribution in [0.15, 0.2) is 29.2 Å². The number of piperazine rings is 1. The van der Waals surface area contributed by atoms with Crippen molar-refractivity contribution in [2.45, 2.75) is 30.7 Å². The van der Waals surface area contributed by atoms with Gasteiger partial charge in [-0.15, -0.1) is 0 Å². The van der Waals surface area contributed by atoms with Gasteiger partial charge in [-0.05, 0) is 31.9 Å². The number of sulfonamides is 1. The van der Waals surface area contributed by atoms with Gasteiger partial charge in [0, 0.05) is 45.9 Å². The summed E-state index contributed by atoms with van der Waals surface area (Å²) < 4.78 is 32.1. The first-order valence-corrected chi connectivity index (χ1v) is 10.9. The van der Waals surface area contributed by atoms with Gasteiger partial charge in [0.1, 0.15) is 0 Å². The second kappa shape index (κ2) is 8.59. The van der Waals surface area contributed by atoms with Crippen LogP contribution < -0.4 is 0 Å². The second-order valence-corrected chi connectivity index (χ2v) is 9.17. The van der Waals surface area contributed by atoms with Crippen LogP contribution in [0.25, 0.3) is 0 Å². The molecule has 2 heterocycles. The molecule has 0 atom stereocenters. The van der Waals surface area contributed by atoms with Gasteiger partial charge in [-0.3, -0.25) is 9.59 Å². The normalized spacial score (nSPS) is 20.1. The highest BCUT2D eigenvalue weighted by Gasteiger charge is 2.39. The minimum absolute atomic E-state index is 0.106. The van der Waals surface area contributed by atoms with Crippen molar-refractivity contribution in [2.75, 3.05) is 46.4 Å². The van der Waals surface area contributed by atoms with Crippen LogP contribution in [0, 0.1) is 6.92 Å². The third-order valence-corrected chi connectivity index (χ3v) is 7.34. The average Bonchev–Trinajstić information content (AvgIpc) is 2.69. The molecule has 9 heteroatoms. The van der Waals surface area contributed by atoms with E-state index in [1.54, 1.807) is 36.3 Å². The van der Waals surface area contributed by atoms with E-state index in [2.05, 4.69) is 0 Å².